The van der Waals surface area contributed by atoms with E-state index < -0.39 is 17.3 Å². The first-order valence-electron chi connectivity index (χ1n) is 13.0. The minimum atomic E-state index is -0.834. The maximum Gasteiger partial charge on any atom is 0.306 e. The first-order valence-corrected chi connectivity index (χ1v) is 13.0. The van der Waals surface area contributed by atoms with Crippen LogP contribution in [-0.2, 0) is 28.9 Å². The van der Waals surface area contributed by atoms with E-state index in [9.17, 15) is 14.7 Å². The summed E-state index contributed by atoms with van der Waals surface area (Å²) in [6, 6.07) is 4.46. The van der Waals surface area contributed by atoms with Gasteiger partial charge in [0.15, 0.2) is 0 Å². The number of aromatic nitrogens is 1. The second-order valence-electron chi connectivity index (χ2n) is 10.1. The third-order valence-electron chi connectivity index (χ3n) is 7.80. The molecule has 178 valence electrons. The molecule has 1 heterocycles. The van der Waals surface area contributed by atoms with Gasteiger partial charge >= 0.3 is 5.97 Å². The number of aryl methyl sites for hydroxylation is 3. The monoisotopic (exact) mass is 442 g/mol. The molecular weight excluding hydrogens is 400 g/mol. The summed E-state index contributed by atoms with van der Waals surface area (Å²) in [4.78, 5) is 29.5. The van der Waals surface area contributed by atoms with Crippen molar-refractivity contribution < 1.29 is 14.7 Å². The highest BCUT2D eigenvalue weighted by Crippen LogP contribution is 2.38. The minimum absolute atomic E-state index is 0.0876. The Balaban J connectivity index is 1.33. The fraction of sp³-hybridized carbons (Fsp3) is 0.741. The van der Waals surface area contributed by atoms with E-state index in [2.05, 4.69) is 12.1 Å². The van der Waals surface area contributed by atoms with E-state index in [1.54, 1.807) is 0 Å². The Morgan fingerprint density at radius 3 is 2.44 bits per heavy atom. The van der Waals surface area contributed by atoms with Crippen LogP contribution in [0.5, 0.6) is 0 Å². The van der Waals surface area contributed by atoms with E-state index in [4.69, 9.17) is 10.7 Å². The molecule has 0 unspecified atom stereocenters. The summed E-state index contributed by atoms with van der Waals surface area (Å²) in [6.07, 6.45) is 16.8. The van der Waals surface area contributed by atoms with Gasteiger partial charge in [-0.05, 0) is 69.4 Å². The number of carbonyl (C=O) groups excluding carboxylic acids is 1. The molecule has 1 fully saturated rings. The Labute approximate surface area is 193 Å². The Morgan fingerprint density at radius 2 is 1.69 bits per heavy atom. The number of aliphatic carboxylic acids is 1. The number of nitrogens with two attached hydrogens (primary N) is 1. The first kappa shape index (κ1) is 24.9. The van der Waals surface area contributed by atoms with Crippen molar-refractivity contribution in [1.29, 1.82) is 0 Å². The average molecular weight is 443 g/mol. The van der Waals surface area contributed by atoms with E-state index in [1.807, 2.05) is 0 Å². The molecule has 0 aromatic carbocycles. The van der Waals surface area contributed by atoms with Crippen LogP contribution in [0.15, 0.2) is 12.1 Å². The van der Waals surface area contributed by atoms with E-state index in [0.717, 1.165) is 77.0 Å². The van der Waals surface area contributed by atoms with E-state index in [-0.39, 0.29) is 12.2 Å². The topological polar surface area (TPSA) is 93.3 Å². The van der Waals surface area contributed by atoms with E-state index >= 15 is 0 Å². The lowest BCUT2D eigenvalue weighted by Gasteiger charge is -2.35. The fourth-order valence-corrected chi connectivity index (χ4v) is 5.57. The van der Waals surface area contributed by atoms with Crippen LogP contribution >= 0.6 is 0 Å². The van der Waals surface area contributed by atoms with Crippen LogP contribution in [0.4, 0.5) is 0 Å². The highest BCUT2D eigenvalue weighted by molar-refractivity contribution is 5.88. The summed E-state index contributed by atoms with van der Waals surface area (Å²) in [5, 5.41) is 9.64. The lowest BCUT2D eigenvalue weighted by Crippen LogP contribution is -2.41. The van der Waals surface area contributed by atoms with E-state index in [0.29, 0.717) is 13.0 Å². The number of ketones is 1. The number of fused-ring (bicyclic) bond motifs is 1. The van der Waals surface area contributed by atoms with Gasteiger partial charge in [-0.3, -0.25) is 14.6 Å². The minimum Gasteiger partial charge on any atom is -0.481 e. The molecule has 1 aromatic heterocycles. The maximum absolute atomic E-state index is 12.9. The molecule has 3 N–H and O–H groups in total. The van der Waals surface area contributed by atoms with Crippen molar-refractivity contribution in [2.45, 2.75) is 109 Å². The molecule has 0 bridgehead atoms. The number of Topliss-reactive ketones (excluding diaryl/α,β-unsaturated/α-hetero) is 1. The number of rotatable bonds is 13. The molecule has 2 aliphatic carbocycles. The van der Waals surface area contributed by atoms with Crippen molar-refractivity contribution in [2.75, 3.05) is 6.54 Å². The van der Waals surface area contributed by atoms with Gasteiger partial charge in [0.25, 0.3) is 0 Å². The van der Waals surface area contributed by atoms with Crippen molar-refractivity contribution in [2.24, 2.45) is 17.1 Å². The third-order valence-corrected chi connectivity index (χ3v) is 7.80. The summed E-state index contributed by atoms with van der Waals surface area (Å²) < 4.78 is 0. The van der Waals surface area contributed by atoms with Crippen molar-refractivity contribution in [3.63, 3.8) is 0 Å². The zero-order valence-electron chi connectivity index (χ0n) is 19.7. The molecule has 1 atom stereocenters. The van der Waals surface area contributed by atoms with Crippen LogP contribution in [0.2, 0.25) is 0 Å². The molecule has 0 amide bonds. The summed E-state index contributed by atoms with van der Waals surface area (Å²) in [7, 11) is 0. The number of pyridine rings is 1. The Kier molecular flexibility index (Phi) is 9.70. The summed E-state index contributed by atoms with van der Waals surface area (Å²) in [6.45, 7) is 0.358. The predicted molar refractivity (Wildman–Crippen MR) is 128 cm³/mol. The smallest absolute Gasteiger partial charge is 0.306 e. The summed E-state index contributed by atoms with van der Waals surface area (Å²) >= 11 is 0. The lowest BCUT2D eigenvalue weighted by atomic mass is 9.69. The molecule has 2 aliphatic rings. The van der Waals surface area contributed by atoms with Gasteiger partial charge in [0.2, 0.25) is 0 Å². The first-order chi connectivity index (χ1) is 15.5. The van der Waals surface area contributed by atoms with Gasteiger partial charge < -0.3 is 10.8 Å². The molecule has 0 radical (unpaired) electrons. The zero-order chi connectivity index (χ0) is 22.8. The Hall–Kier alpha value is -1.75. The van der Waals surface area contributed by atoms with Crippen LogP contribution in [0.3, 0.4) is 0 Å². The Bertz CT molecular complexity index is 755. The molecule has 5 nitrogen and oxygen atoms in total. The van der Waals surface area contributed by atoms with Crippen molar-refractivity contribution in [3.8, 4) is 0 Å². The van der Waals surface area contributed by atoms with Gasteiger partial charge in [0, 0.05) is 29.8 Å². The normalized spacial score (nSPS) is 18.7. The number of hydrogen-bond acceptors (Lipinski definition) is 4. The molecule has 0 aliphatic heterocycles. The number of unbranched alkanes of at least 4 members (excludes halogenated alkanes) is 4. The third kappa shape index (κ3) is 6.87. The summed E-state index contributed by atoms with van der Waals surface area (Å²) in [5.41, 5.74) is 9.46. The Morgan fingerprint density at radius 1 is 0.969 bits per heavy atom. The highest BCUT2D eigenvalue weighted by atomic mass is 16.4. The summed E-state index contributed by atoms with van der Waals surface area (Å²) in [5.74, 6) is -1.31. The molecule has 1 aromatic rings. The standard InChI is InChI=1S/C27H42N2O3/c28-20-27(17-9-4-10-18-27)25(30)19-22(26(31)32)12-5-2-1-3-6-13-23-16-15-21-11-7-8-14-24(21)29-23/h15-16,22H,1-14,17-20,28H2,(H,31,32)/t22-/m1/s1. The van der Waals surface area contributed by atoms with Crippen LogP contribution in [-0.4, -0.2) is 28.4 Å². The zero-order valence-corrected chi connectivity index (χ0v) is 19.7. The number of nitrogens with zero attached hydrogens (tertiary/aromatic N) is 1. The molecule has 3 rings (SSSR count). The average Bonchev–Trinajstić information content (AvgIpc) is 2.82. The van der Waals surface area contributed by atoms with Crippen molar-refractivity contribution >= 4 is 11.8 Å². The second kappa shape index (κ2) is 12.5. The lowest BCUT2D eigenvalue weighted by molar-refractivity contribution is -0.146. The van der Waals surface area contributed by atoms with Gasteiger partial charge in [0.1, 0.15) is 5.78 Å². The molecule has 0 saturated heterocycles. The van der Waals surface area contributed by atoms with Crippen molar-refractivity contribution in [3.05, 3.63) is 29.1 Å². The molecule has 5 heteroatoms. The number of carbonyl (C=O) groups is 2. The predicted octanol–water partition coefficient (Wildman–Crippen LogP) is 5.41. The van der Waals surface area contributed by atoms with Gasteiger partial charge in [-0.15, -0.1) is 0 Å². The van der Waals surface area contributed by atoms with Crippen LogP contribution in [0.25, 0.3) is 0 Å². The number of hydrogen-bond donors (Lipinski definition) is 2. The molecule has 0 spiro atoms. The molecular formula is C27H42N2O3. The van der Waals surface area contributed by atoms with Gasteiger partial charge in [0.05, 0.1) is 5.92 Å². The number of carboxylic acids is 1. The van der Waals surface area contributed by atoms with Gasteiger partial charge in [-0.2, -0.15) is 0 Å². The quantitative estimate of drug-likeness (QED) is 0.398. The molecule has 32 heavy (non-hydrogen) atoms. The fourth-order valence-electron chi connectivity index (χ4n) is 5.57. The van der Waals surface area contributed by atoms with Crippen LogP contribution in [0, 0.1) is 11.3 Å². The second-order valence-corrected chi connectivity index (χ2v) is 10.1. The van der Waals surface area contributed by atoms with Crippen LogP contribution in [0.1, 0.15) is 107 Å². The SMILES string of the molecule is NCC1(C(=O)C[C@@H](CCCCCCCc2ccc3c(n2)CCCC3)C(=O)O)CCCCC1. The highest BCUT2D eigenvalue weighted by Gasteiger charge is 2.39. The van der Waals surface area contributed by atoms with Gasteiger partial charge in [-0.25, -0.2) is 0 Å². The maximum atomic E-state index is 12.9. The number of carboxylic acid groups (broad SMARTS) is 1. The van der Waals surface area contributed by atoms with Crippen LogP contribution < -0.4 is 5.73 Å². The largest absolute Gasteiger partial charge is 0.481 e. The van der Waals surface area contributed by atoms with Gasteiger partial charge in [-0.1, -0.05) is 51.0 Å². The molecule has 1 saturated carbocycles. The van der Waals surface area contributed by atoms with Crippen molar-refractivity contribution in [1.82, 2.24) is 4.98 Å². The van der Waals surface area contributed by atoms with E-state index in [1.165, 1.54) is 36.2 Å².